The smallest absolute Gasteiger partial charge is 0.161 e. The standard InChI is InChI=1S/C9H11N3O/c1-6-3-12-4-7(2)11-9(12)8(5-13)10-6/h3-4,13H,5H2,1-2H3. The molecule has 2 rings (SSSR count). The van der Waals surface area contributed by atoms with Gasteiger partial charge in [-0.1, -0.05) is 0 Å². The van der Waals surface area contributed by atoms with Crippen molar-refractivity contribution >= 4 is 5.65 Å². The first kappa shape index (κ1) is 8.19. The van der Waals surface area contributed by atoms with Crippen molar-refractivity contribution < 1.29 is 5.11 Å². The Balaban J connectivity index is 2.80. The van der Waals surface area contributed by atoms with E-state index in [0.29, 0.717) is 5.69 Å². The van der Waals surface area contributed by atoms with E-state index in [1.54, 1.807) is 0 Å². The Morgan fingerprint density at radius 3 is 2.46 bits per heavy atom. The van der Waals surface area contributed by atoms with Gasteiger partial charge in [0.05, 0.1) is 18.0 Å². The van der Waals surface area contributed by atoms with Crippen LogP contribution in [-0.4, -0.2) is 19.5 Å². The van der Waals surface area contributed by atoms with Crippen LogP contribution in [-0.2, 0) is 6.61 Å². The summed E-state index contributed by atoms with van der Waals surface area (Å²) in [5, 5.41) is 9.05. The van der Waals surface area contributed by atoms with Gasteiger partial charge in [-0.05, 0) is 13.8 Å². The Bertz CT molecular complexity index is 447. The summed E-state index contributed by atoms with van der Waals surface area (Å²) in [6.07, 6.45) is 3.82. The summed E-state index contributed by atoms with van der Waals surface area (Å²) in [6.45, 7) is 3.75. The number of nitrogens with zero attached hydrogens (tertiary/aromatic N) is 3. The molecule has 4 heteroatoms. The van der Waals surface area contributed by atoms with Crippen molar-refractivity contribution in [3.63, 3.8) is 0 Å². The highest BCUT2D eigenvalue weighted by Crippen LogP contribution is 2.09. The van der Waals surface area contributed by atoms with Gasteiger partial charge >= 0.3 is 0 Å². The fourth-order valence-corrected chi connectivity index (χ4v) is 1.43. The third kappa shape index (κ3) is 1.29. The molecule has 0 fully saturated rings. The molecular weight excluding hydrogens is 166 g/mol. The second-order valence-electron chi connectivity index (χ2n) is 3.10. The molecule has 0 aliphatic rings. The van der Waals surface area contributed by atoms with Crippen LogP contribution in [0.5, 0.6) is 0 Å². The van der Waals surface area contributed by atoms with Gasteiger partial charge < -0.3 is 9.51 Å². The maximum atomic E-state index is 9.05. The van der Waals surface area contributed by atoms with E-state index in [1.165, 1.54) is 0 Å². The predicted octanol–water partition coefficient (Wildman–Crippen LogP) is 0.838. The zero-order valence-corrected chi connectivity index (χ0v) is 7.65. The van der Waals surface area contributed by atoms with Crippen LogP contribution in [0.2, 0.25) is 0 Å². The Morgan fingerprint density at radius 1 is 1.23 bits per heavy atom. The highest BCUT2D eigenvalue weighted by molar-refractivity contribution is 5.45. The number of aliphatic hydroxyl groups excluding tert-OH is 1. The SMILES string of the molecule is Cc1cn2cc(C)nc2c(CO)n1. The van der Waals surface area contributed by atoms with E-state index in [0.717, 1.165) is 17.0 Å². The molecule has 0 aliphatic carbocycles. The topological polar surface area (TPSA) is 50.4 Å². The highest BCUT2D eigenvalue weighted by atomic mass is 16.3. The molecule has 0 aliphatic heterocycles. The fraction of sp³-hybridized carbons (Fsp3) is 0.333. The molecule has 2 aromatic rings. The second-order valence-corrected chi connectivity index (χ2v) is 3.10. The monoisotopic (exact) mass is 177 g/mol. The molecule has 0 unspecified atom stereocenters. The highest BCUT2D eigenvalue weighted by Gasteiger charge is 2.05. The van der Waals surface area contributed by atoms with E-state index >= 15 is 0 Å². The molecular formula is C9H11N3O. The minimum absolute atomic E-state index is 0.0678. The summed E-state index contributed by atoms with van der Waals surface area (Å²) in [6, 6.07) is 0. The first-order chi connectivity index (χ1) is 6.20. The van der Waals surface area contributed by atoms with E-state index in [9.17, 15) is 0 Å². The van der Waals surface area contributed by atoms with Crippen molar-refractivity contribution in [1.29, 1.82) is 0 Å². The molecule has 0 bridgehead atoms. The quantitative estimate of drug-likeness (QED) is 0.702. The lowest BCUT2D eigenvalue weighted by atomic mass is 10.4. The van der Waals surface area contributed by atoms with Gasteiger partial charge in [-0.2, -0.15) is 0 Å². The molecule has 1 N–H and O–H groups in total. The molecule has 0 saturated carbocycles. The van der Waals surface area contributed by atoms with Crippen LogP contribution in [0, 0.1) is 13.8 Å². The van der Waals surface area contributed by atoms with Gasteiger partial charge in [0.1, 0.15) is 5.69 Å². The van der Waals surface area contributed by atoms with Crippen molar-refractivity contribution in [2.45, 2.75) is 20.5 Å². The Morgan fingerprint density at radius 2 is 1.85 bits per heavy atom. The van der Waals surface area contributed by atoms with E-state index in [-0.39, 0.29) is 6.61 Å². The summed E-state index contributed by atoms with van der Waals surface area (Å²) in [5.41, 5.74) is 3.19. The third-order valence-corrected chi connectivity index (χ3v) is 1.90. The van der Waals surface area contributed by atoms with E-state index in [4.69, 9.17) is 5.11 Å². The maximum absolute atomic E-state index is 9.05. The molecule has 0 spiro atoms. The van der Waals surface area contributed by atoms with Crippen LogP contribution in [0.25, 0.3) is 5.65 Å². The summed E-state index contributed by atoms with van der Waals surface area (Å²) >= 11 is 0. The number of rotatable bonds is 1. The normalized spacial score (nSPS) is 11.0. The van der Waals surface area contributed by atoms with Gasteiger partial charge in [-0.3, -0.25) is 4.98 Å². The molecule has 0 radical (unpaired) electrons. The molecule has 68 valence electrons. The van der Waals surface area contributed by atoms with Gasteiger partial charge in [0, 0.05) is 12.4 Å². The molecule has 4 nitrogen and oxygen atoms in total. The lowest BCUT2D eigenvalue weighted by Crippen LogP contribution is -1.98. The third-order valence-electron chi connectivity index (χ3n) is 1.90. The number of aliphatic hydroxyl groups is 1. The van der Waals surface area contributed by atoms with Crippen LogP contribution in [0.3, 0.4) is 0 Å². The van der Waals surface area contributed by atoms with Gasteiger partial charge in [0.15, 0.2) is 5.65 Å². The number of hydrogen-bond donors (Lipinski definition) is 1. The molecule has 0 saturated heterocycles. The first-order valence-electron chi connectivity index (χ1n) is 4.13. The number of fused-ring (bicyclic) bond motifs is 1. The molecule has 0 aromatic carbocycles. The summed E-state index contributed by atoms with van der Waals surface area (Å²) in [7, 11) is 0. The van der Waals surface area contributed by atoms with Crippen LogP contribution in [0.4, 0.5) is 0 Å². The molecule has 2 heterocycles. The molecule has 0 amide bonds. The number of aromatic nitrogens is 3. The number of imidazole rings is 1. The minimum atomic E-state index is -0.0678. The fourth-order valence-electron chi connectivity index (χ4n) is 1.43. The average Bonchev–Trinajstić information content (AvgIpc) is 2.43. The van der Waals surface area contributed by atoms with E-state index in [1.807, 2.05) is 30.6 Å². The lowest BCUT2D eigenvalue weighted by Gasteiger charge is -2.00. The Hall–Kier alpha value is -1.42. The average molecular weight is 177 g/mol. The maximum Gasteiger partial charge on any atom is 0.161 e. The number of aryl methyl sites for hydroxylation is 2. The van der Waals surface area contributed by atoms with E-state index in [2.05, 4.69) is 9.97 Å². The largest absolute Gasteiger partial charge is 0.390 e. The Labute approximate surface area is 75.9 Å². The van der Waals surface area contributed by atoms with E-state index < -0.39 is 0 Å². The summed E-state index contributed by atoms with van der Waals surface area (Å²) < 4.78 is 1.89. The van der Waals surface area contributed by atoms with Gasteiger partial charge in [-0.25, -0.2) is 4.98 Å². The molecule has 2 aromatic heterocycles. The summed E-state index contributed by atoms with van der Waals surface area (Å²) in [5.74, 6) is 0. The molecule has 13 heavy (non-hydrogen) atoms. The van der Waals surface area contributed by atoms with Crippen molar-refractivity contribution in [3.05, 3.63) is 29.5 Å². The van der Waals surface area contributed by atoms with Crippen molar-refractivity contribution in [1.82, 2.24) is 14.4 Å². The predicted molar refractivity (Wildman–Crippen MR) is 48.4 cm³/mol. The van der Waals surface area contributed by atoms with Crippen molar-refractivity contribution in [2.24, 2.45) is 0 Å². The summed E-state index contributed by atoms with van der Waals surface area (Å²) in [4.78, 5) is 8.47. The van der Waals surface area contributed by atoms with Crippen molar-refractivity contribution in [2.75, 3.05) is 0 Å². The lowest BCUT2D eigenvalue weighted by molar-refractivity contribution is 0.277. The molecule has 0 atom stereocenters. The van der Waals surface area contributed by atoms with Gasteiger partial charge in [-0.15, -0.1) is 0 Å². The van der Waals surface area contributed by atoms with Crippen LogP contribution in [0.1, 0.15) is 17.1 Å². The van der Waals surface area contributed by atoms with Crippen LogP contribution >= 0.6 is 0 Å². The van der Waals surface area contributed by atoms with Gasteiger partial charge in [0.25, 0.3) is 0 Å². The zero-order chi connectivity index (χ0) is 9.42. The zero-order valence-electron chi connectivity index (χ0n) is 7.65. The van der Waals surface area contributed by atoms with Crippen LogP contribution in [0.15, 0.2) is 12.4 Å². The number of hydrogen-bond acceptors (Lipinski definition) is 3. The second kappa shape index (κ2) is 2.81. The minimum Gasteiger partial charge on any atom is -0.390 e. The van der Waals surface area contributed by atoms with Crippen molar-refractivity contribution in [3.8, 4) is 0 Å². The van der Waals surface area contributed by atoms with Crippen LogP contribution < -0.4 is 0 Å². The first-order valence-corrected chi connectivity index (χ1v) is 4.13. The van der Waals surface area contributed by atoms with Gasteiger partial charge in [0.2, 0.25) is 0 Å². The Kier molecular flexibility index (Phi) is 1.77.